The van der Waals surface area contributed by atoms with Crippen molar-refractivity contribution in [2.45, 2.75) is 39.2 Å². The number of carbonyl (C=O) groups is 1. The maximum Gasteiger partial charge on any atom is 0.271 e. The van der Waals surface area contributed by atoms with E-state index in [1.165, 1.54) is 17.3 Å². The van der Waals surface area contributed by atoms with Crippen molar-refractivity contribution in [2.75, 3.05) is 11.5 Å². The van der Waals surface area contributed by atoms with Crippen molar-refractivity contribution in [1.82, 2.24) is 0 Å². The number of carbonyl (C=O) groups excluding carboxylic acids is 1. The molecule has 1 amide bonds. The molecule has 4 rings (SSSR count). The first-order valence-corrected chi connectivity index (χ1v) is 10.6. The molecule has 1 unspecified atom stereocenters. The highest BCUT2D eigenvalue weighted by Gasteiger charge is 2.34. The van der Waals surface area contributed by atoms with Crippen LogP contribution in [-0.4, -0.2) is 23.7 Å². The molecule has 28 heavy (non-hydrogen) atoms. The van der Waals surface area contributed by atoms with E-state index in [9.17, 15) is 4.79 Å². The van der Waals surface area contributed by atoms with Gasteiger partial charge in [0.05, 0.1) is 17.2 Å². The molecule has 2 aromatic rings. The number of hydrogen-bond donors (Lipinski definition) is 0. The summed E-state index contributed by atoms with van der Waals surface area (Å²) in [6.07, 6.45) is 4.96. The largest absolute Gasteiger partial charge is 0.493 e. The Kier molecular flexibility index (Phi) is 5.53. The van der Waals surface area contributed by atoms with Crippen molar-refractivity contribution in [3.63, 3.8) is 0 Å². The Morgan fingerprint density at radius 3 is 2.86 bits per heavy atom. The van der Waals surface area contributed by atoms with Gasteiger partial charge >= 0.3 is 0 Å². The number of benzene rings is 2. The zero-order valence-corrected chi connectivity index (χ0v) is 17.0. The van der Waals surface area contributed by atoms with Crippen molar-refractivity contribution in [2.24, 2.45) is 4.99 Å². The molecule has 0 spiro atoms. The highest BCUT2D eigenvalue weighted by molar-refractivity contribution is 8.19. The fraction of sp³-hybridized carbons (Fsp3) is 0.304. The summed E-state index contributed by atoms with van der Waals surface area (Å²) in [6.45, 7) is 4.96. The molecule has 0 radical (unpaired) electrons. The van der Waals surface area contributed by atoms with Crippen LogP contribution < -0.4 is 9.64 Å². The first-order valence-electron chi connectivity index (χ1n) is 9.78. The molecule has 0 saturated carbocycles. The lowest BCUT2D eigenvalue weighted by Crippen LogP contribution is -2.29. The minimum Gasteiger partial charge on any atom is -0.493 e. The predicted molar refractivity (Wildman–Crippen MR) is 117 cm³/mol. The van der Waals surface area contributed by atoms with E-state index in [0.29, 0.717) is 4.91 Å². The second-order valence-corrected chi connectivity index (χ2v) is 8.08. The molecular weight excluding hydrogens is 368 g/mol. The van der Waals surface area contributed by atoms with Crippen LogP contribution in [0.5, 0.6) is 5.75 Å². The first kappa shape index (κ1) is 18.8. The third-order valence-electron chi connectivity index (χ3n) is 4.97. The molecule has 2 aromatic carbocycles. The fourth-order valence-corrected chi connectivity index (χ4v) is 4.35. The summed E-state index contributed by atoms with van der Waals surface area (Å²) >= 11 is 1.45. The molecule has 0 bridgehead atoms. The van der Waals surface area contributed by atoms with E-state index >= 15 is 0 Å². The van der Waals surface area contributed by atoms with E-state index in [4.69, 9.17) is 9.73 Å². The molecule has 2 aliphatic rings. The van der Waals surface area contributed by atoms with Gasteiger partial charge in [0.1, 0.15) is 5.75 Å². The molecule has 0 aromatic heterocycles. The monoisotopic (exact) mass is 392 g/mol. The Hall–Kier alpha value is -2.53. The van der Waals surface area contributed by atoms with Gasteiger partial charge in [0.25, 0.3) is 5.91 Å². The van der Waals surface area contributed by atoms with E-state index in [1.54, 1.807) is 4.90 Å². The van der Waals surface area contributed by atoms with E-state index in [-0.39, 0.29) is 11.9 Å². The van der Waals surface area contributed by atoms with Gasteiger partial charge in [0, 0.05) is 6.04 Å². The van der Waals surface area contributed by atoms with Crippen LogP contribution in [0.15, 0.2) is 58.4 Å². The molecule has 0 aliphatic carbocycles. The Balaban J connectivity index is 1.69. The SMILES string of the molecule is CCC(C)N=C1S/C(=C\c2ccc3c(c2)CCCO3)C(=O)N1c1ccccc1. The summed E-state index contributed by atoms with van der Waals surface area (Å²) in [5.74, 6) is 0.941. The van der Waals surface area contributed by atoms with Crippen LogP contribution in [0.1, 0.15) is 37.8 Å². The lowest BCUT2D eigenvalue weighted by atomic mass is 10.0. The number of para-hydroxylation sites is 1. The molecule has 0 N–H and O–H groups in total. The zero-order chi connectivity index (χ0) is 19.5. The van der Waals surface area contributed by atoms with Gasteiger partial charge in [-0.1, -0.05) is 31.2 Å². The number of amides is 1. The number of nitrogens with zero attached hydrogens (tertiary/aromatic N) is 2. The highest BCUT2D eigenvalue weighted by Crippen LogP contribution is 2.37. The Morgan fingerprint density at radius 2 is 2.07 bits per heavy atom. The number of hydrogen-bond acceptors (Lipinski definition) is 4. The molecule has 5 heteroatoms. The molecule has 2 aliphatic heterocycles. The molecule has 144 valence electrons. The summed E-state index contributed by atoms with van der Waals surface area (Å²) in [6, 6.07) is 16.1. The predicted octanol–water partition coefficient (Wildman–Crippen LogP) is 5.29. The van der Waals surface area contributed by atoms with E-state index in [1.807, 2.05) is 48.5 Å². The van der Waals surface area contributed by atoms with Gasteiger partial charge < -0.3 is 4.74 Å². The average molecular weight is 393 g/mol. The number of rotatable bonds is 4. The standard InChI is InChI=1S/C23H24N2O2S/c1-3-16(2)24-23-25(19-9-5-4-6-10-19)22(26)21(28-23)15-17-11-12-20-18(14-17)8-7-13-27-20/h4-6,9-12,14-16H,3,7-8,13H2,1-2H3/b21-15-,24-23?. The quantitative estimate of drug-likeness (QED) is 0.664. The van der Waals surface area contributed by atoms with Gasteiger partial charge in [-0.2, -0.15) is 0 Å². The van der Waals surface area contributed by atoms with Crippen molar-refractivity contribution in [3.8, 4) is 5.75 Å². The Labute approximate surface area is 170 Å². The van der Waals surface area contributed by atoms with E-state index < -0.39 is 0 Å². The number of ether oxygens (including phenoxy) is 1. The van der Waals surface area contributed by atoms with Gasteiger partial charge in [-0.25, -0.2) is 0 Å². The Morgan fingerprint density at radius 1 is 1.25 bits per heavy atom. The van der Waals surface area contributed by atoms with Crippen LogP contribution >= 0.6 is 11.8 Å². The van der Waals surface area contributed by atoms with Crippen molar-refractivity contribution >= 4 is 34.6 Å². The fourth-order valence-electron chi connectivity index (χ4n) is 3.27. The number of amidine groups is 1. The summed E-state index contributed by atoms with van der Waals surface area (Å²) in [7, 11) is 0. The highest BCUT2D eigenvalue weighted by atomic mass is 32.2. The second-order valence-electron chi connectivity index (χ2n) is 7.07. The molecule has 1 atom stereocenters. The second kappa shape index (κ2) is 8.23. The topological polar surface area (TPSA) is 41.9 Å². The number of aliphatic imine (C=N–C) groups is 1. The van der Waals surface area contributed by atoms with Crippen LogP contribution in [0.25, 0.3) is 6.08 Å². The molecule has 2 heterocycles. The molecule has 1 fully saturated rings. The molecule has 4 nitrogen and oxygen atoms in total. The van der Waals surface area contributed by atoms with Crippen LogP contribution in [-0.2, 0) is 11.2 Å². The van der Waals surface area contributed by atoms with Crippen LogP contribution in [0, 0.1) is 0 Å². The van der Waals surface area contributed by atoms with E-state index in [0.717, 1.165) is 48.0 Å². The van der Waals surface area contributed by atoms with Crippen molar-refractivity contribution in [3.05, 3.63) is 64.6 Å². The van der Waals surface area contributed by atoms with E-state index in [2.05, 4.69) is 19.9 Å². The molecule has 1 saturated heterocycles. The van der Waals surface area contributed by atoms with Gasteiger partial charge in [-0.3, -0.25) is 14.7 Å². The van der Waals surface area contributed by atoms with Crippen LogP contribution in [0.2, 0.25) is 0 Å². The third-order valence-corrected chi connectivity index (χ3v) is 5.96. The normalized spacial score (nSPS) is 20.4. The first-order chi connectivity index (χ1) is 13.7. The average Bonchev–Trinajstić information content (AvgIpc) is 3.03. The summed E-state index contributed by atoms with van der Waals surface area (Å²) in [4.78, 5) is 20.4. The molecular formula is C23H24N2O2S. The smallest absolute Gasteiger partial charge is 0.271 e. The minimum atomic E-state index is -0.0211. The van der Waals surface area contributed by atoms with Crippen LogP contribution in [0.3, 0.4) is 0 Å². The number of thioether (sulfide) groups is 1. The number of fused-ring (bicyclic) bond motifs is 1. The third kappa shape index (κ3) is 3.85. The van der Waals surface area contributed by atoms with Crippen LogP contribution in [0.4, 0.5) is 5.69 Å². The Bertz CT molecular complexity index is 937. The van der Waals surface area contributed by atoms with Gasteiger partial charge in [0.15, 0.2) is 5.17 Å². The van der Waals surface area contributed by atoms with Gasteiger partial charge in [0.2, 0.25) is 0 Å². The van der Waals surface area contributed by atoms with Gasteiger partial charge in [-0.05, 0) is 79.4 Å². The zero-order valence-electron chi connectivity index (χ0n) is 16.2. The maximum absolute atomic E-state index is 13.2. The van der Waals surface area contributed by atoms with Gasteiger partial charge in [-0.15, -0.1) is 0 Å². The van der Waals surface area contributed by atoms with Crippen molar-refractivity contribution < 1.29 is 9.53 Å². The lowest BCUT2D eigenvalue weighted by molar-refractivity contribution is -0.113. The minimum absolute atomic E-state index is 0.0211. The number of aryl methyl sites for hydroxylation is 1. The lowest BCUT2D eigenvalue weighted by Gasteiger charge is -2.17. The number of anilines is 1. The summed E-state index contributed by atoms with van der Waals surface area (Å²) in [5.41, 5.74) is 3.09. The summed E-state index contributed by atoms with van der Waals surface area (Å²) < 4.78 is 5.70. The summed E-state index contributed by atoms with van der Waals surface area (Å²) in [5, 5.41) is 0.748. The van der Waals surface area contributed by atoms with Crippen molar-refractivity contribution in [1.29, 1.82) is 0 Å². The maximum atomic E-state index is 13.2.